The molecule has 0 aliphatic rings. The minimum absolute atomic E-state index is 0.453. The Balaban J connectivity index is 2.80. The van der Waals surface area contributed by atoms with Crippen LogP contribution in [0.2, 0.25) is 0 Å². The molecule has 0 saturated heterocycles. The zero-order chi connectivity index (χ0) is 12.0. The van der Waals surface area contributed by atoms with E-state index in [1.54, 1.807) is 12.1 Å². The van der Waals surface area contributed by atoms with Gasteiger partial charge in [0.2, 0.25) is 0 Å². The molecule has 0 bridgehead atoms. The van der Waals surface area contributed by atoms with Gasteiger partial charge in [-0.15, -0.1) is 0 Å². The molecule has 0 spiro atoms. The lowest BCUT2D eigenvalue weighted by molar-refractivity contribution is -0.0980. The zero-order valence-electron chi connectivity index (χ0n) is 9.77. The second-order valence-electron chi connectivity index (χ2n) is 3.40. The van der Waals surface area contributed by atoms with Crippen molar-refractivity contribution < 1.29 is 14.6 Å². The number of aliphatic hydroxyl groups is 1. The fourth-order valence-corrected chi connectivity index (χ4v) is 1.37. The molecule has 0 aliphatic heterocycles. The van der Waals surface area contributed by atoms with Gasteiger partial charge in [-0.3, -0.25) is 0 Å². The first-order valence-electron chi connectivity index (χ1n) is 5.44. The van der Waals surface area contributed by atoms with Crippen LogP contribution in [0.4, 0.5) is 0 Å². The van der Waals surface area contributed by atoms with Crippen molar-refractivity contribution in [1.29, 1.82) is 0 Å². The van der Waals surface area contributed by atoms with E-state index in [4.69, 9.17) is 17.3 Å². The van der Waals surface area contributed by atoms with E-state index in [9.17, 15) is 5.11 Å². The van der Waals surface area contributed by atoms with Crippen LogP contribution in [0.1, 0.15) is 31.3 Å². The number of benzene rings is 1. The monoisotopic (exact) mass is 220 g/mol. The zero-order valence-corrected chi connectivity index (χ0v) is 9.77. The van der Waals surface area contributed by atoms with E-state index in [1.807, 2.05) is 19.9 Å². The molecule has 0 saturated carbocycles. The van der Waals surface area contributed by atoms with Crippen molar-refractivity contribution in [2.45, 2.75) is 26.7 Å². The van der Waals surface area contributed by atoms with Crippen LogP contribution in [0, 0.1) is 0 Å². The molecule has 1 N–H and O–H groups in total. The van der Waals surface area contributed by atoms with Gasteiger partial charge in [0.25, 0.3) is 0 Å². The molecule has 4 heteroatoms. The minimum atomic E-state index is -0.897. The highest BCUT2D eigenvalue weighted by Gasteiger charge is 2.08. The number of rotatable bonds is 6. The topological polar surface area (TPSA) is 38.7 Å². The molecular weight excluding hydrogens is 203 g/mol. The molecule has 16 heavy (non-hydrogen) atoms. The van der Waals surface area contributed by atoms with Crippen molar-refractivity contribution >= 4 is 13.3 Å². The van der Waals surface area contributed by atoms with Gasteiger partial charge in [-0.25, -0.2) is 0 Å². The Kier molecular flexibility index (Phi) is 5.53. The van der Waals surface area contributed by atoms with Gasteiger partial charge in [0, 0.05) is 18.8 Å². The second-order valence-corrected chi connectivity index (χ2v) is 3.40. The molecule has 0 heterocycles. The summed E-state index contributed by atoms with van der Waals surface area (Å²) >= 11 is 0. The van der Waals surface area contributed by atoms with Crippen molar-refractivity contribution in [3.63, 3.8) is 0 Å². The average Bonchev–Trinajstić information content (AvgIpc) is 2.28. The van der Waals surface area contributed by atoms with Gasteiger partial charge in [-0.05, 0) is 25.5 Å². The van der Waals surface area contributed by atoms with Crippen molar-refractivity contribution in [2.24, 2.45) is 0 Å². The lowest BCUT2D eigenvalue weighted by atomic mass is 9.89. The summed E-state index contributed by atoms with van der Waals surface area (Å²) in [6, 6.07) is 5.32. The summed E-state index contributed by atoms with van der Waals surface area (Å²) in [7, 11) is 5.80. The van der Waals surface area contributed by atoms with E-state index < -0.39 is 6.29 Å². The quantitative estimate of drug-likeness (QED) is 0.575. The van der Waals surface area contributed by atoms with Crippen LogP contribution in [0.25, 0.3) is 0 Å². The number of aliphatic hydroxyl groups excluding tert-OH is 1. The van der Waals surface area contributed by atoms with Crippen LogP contribution in [-0.2, 0) is 16.1 Å². The largest absolute Gasteiger partial charge is 0.377 e. The summed E-state index contributed by atoms with van der Waals surface area (Å²) in [4.78, 5) is 0. The standard InChI is InChI=1S/C12H17BO3/c1-3-15-8-10-7-9(5-6-11(10)13)12(14)16-4-2/h5-7,12,14H,3-4,8H2,1-2H3. The van der Waals surface area contributed by atoms with Crippen LogP contribution in [0.3, 0.4) is 0 Å². The first-order valence-corrected chi connectivity index (χ1v) is 5.44. The highest BCUT2D eigenvalue weighted by atomic mass is 16.6. The summed E-state index contributed by atoms with van der Waals surface area (Å²) in [5, 5.41) is 9.66. The van der Waals surface area contributed by atoms with E-state index >= 15 is 0 Å². The summed E-state index contributed by atoms with van der Waals surface area (Å²) in [6.45, 7) is 5.32. The number of hydrogen-bond donors (Lipinski definition) is 1. The molecule has 3 nitrogen and oxygen atoms in total. The summed E-state index contributed by atoms with van der Waals surface area (Å²) in [5.41, 5.74) is 2.24. The molecule has 1 atom stereocenters. The fourth-order valence-electron chi connectivity index (χ4n) is 1.37. The van der Waals surface area contributed by atoms with Gasteiger partial charge in [0.15, 0.2) is 6.29 Å². The SMILES string of the molecule is [B]c1ccc(C(O)OCC)cc1COCC. The molecule has 86 valence electrons. The van der Waals surface area contributed by atoms with Crippen LogP contribution in [0.15, 0.2) is 18.2 Å². The summed E-state index contributed by atoms with van der Waals surface area (Å²) in [5.74, 6) is 0. The molecule has 2 radical (unpaired) electrons. The average molecular weight is 220 g/mol. The predicted molar refractivity (Wildman–Crippen MR) is 63.7 cm³/mol. The molecule has 0 aromatic heterocycles. The maximum absolute atomic E-state index is 9.66. The molecule has 0 fully saturated rings. The third-order valence-corrected chi connectivity index (χ3v) is 2.24. The molecule has 0 amide bonds. The number of ether oxygens (including phenoxy) is 2. The normalized spacial score (nSPS) is 12.7. The first kappa shape index (κ1) is 13.2. The Labute approximate surface area is 97.8 Å². The van der Waals surface area contributed by atoms with Crippen molar-refractivity contribution in [2.75, 3.05) is 13.2 Å². The second kappa shape index (κ2) is 6.68. The maximum Gasteiger partial charge on any atom is 0.181 e. The summed E-state index contributed by atoms with van der Waals surface area (Å²) in [6.07, 6.45) is -0.897. The third kappa shape index (κ3) is 3.63. The summed E-state index contributed by atoms with van der Waals surface area (Å²) < 4.78 is 10.4. The van der Waals surface area contributed by atoms with E-state index in [-0.39, 0.29) is 0 Å². The van der Waals surface area contributed by atoms with Gasteiger partial charge < -0.3 is 14.6 Å². The molecule has 1 aromatic carbocycles. The fraction of sp³-hybridized carbons (Fsp3) is 0.500. The van der Waals surface area contributed by atoms with Gasteiger partial charge in [-0.2, -0.15) is 0 Å². The number of hydrogen-bond acceptors (Lipinski definition) is 3. The van der Waals surface area contributed by atoms with Gasteiger partial charge in [0.05, 0.1) is 6.61 Å². The van der Waals surface area contributed by atoms with E-state index in [0.29, 0.717) is 30.8 Å². The lowest BCUT2D eigenvalue weighted by Gasteiger charge is -2.14. The Morgan fingerprint density at radius 1 is 1.31 bits per heavy atom. The van der Waals surface area contributed by atoms with E-state index in [0.717, 1.165) is 5.56 Å². The van der Waals surface area contributed by atoms with Gasteiger partial charge >= 0.3 is 0 Å². The first-order chi connectivity index (χ1) is 7.69. The lowest BCUT2D eigenvalue weighted by Crippen LogP contribution is -2.14. The third-order valence-electron chi connectivity index (χ3n) is 2.24. The van der Waals surface area contributed by atoms with Crippen molar-refractivity contribution in [3.05, 3.63) is 29.3 Å². The molecule has 0 aliphatic carbocycles. The molecule has 1 unspecified atom stereocenters. The van der Waals surface area contributed by atoms with Gasteiger partial charge in [0.1, 0.15) is 7.85 Å². The highest BCUT2D eigenvalue weighted by Crippen LogP contribution is 2.15. The van der Waals surface area contributed by atoms with Crippen LogP contribution < -0.4 is 5.46 Å². The van der Waals surface area contributed by atoms with Crippen molar-refractivity contribution in [1.82, 2.24) is 0 Å². The predicted octanol–water partition coefficient (Wildman–Crippen LogP) is 1.04. The van der Waals surface area contributed by atoms with Crippen LogP contribution >= 0.6 is 0 Å². The Morgan fingerprint density at radius 3 is 2.69 bits per heavy atom. The molecule has 1 rings (SSSR count). The molecule has 1 aromatic rings. The Hall–Kier alpha value is -0.835. The van der Waals surface area contributed by atoms with E-state index in [2.05, 4.69) is 0 Å². The molecular formula is C12H17BO3. The smallest absolute Gasteiger partial charge is 0.181 e. The van der Waals surface area contributed by atoms with Crippen molar-refractivity contribution in [3.8, 4) is 0 Å². The van der Waals surface area contributed by atoms with Gasteiger partial charge in [-0.1, -0.05) is 17.6 Å². The van der Waals surface area contributed by atoms with E-state index in [1.165, 1.54) is 0 Å². The minimum Gasteiger partial charge on any atom is -0.377 e. The van der Waals surface area contributed by atoms with Crippen LogP contribution in [0.5, 0.6) is 0 Å². The highest BCUT2D eigenvalue weighted by molar-refractivity contribution is 6.33. The Bertz CT molecular complexity index is 328. The van der Waals surface area contributed by atoms with Crippen LogP contribution in [-0.4, -0.2) is 26.2 Å². The maximum atomic E-state index is 9.66. The Morgan fingerprint density at radius 2 is 2.06 bits per heavy atom.